The fraction of sp³-hybridized carbons (Fsp3) is 0.111. The highest BCUT2D eigenvalue weighted by Crippen LogP contribution is 2.46. The number of allylic oxidation sites excluding steroid dienone is 4. The average molecular weight is 606 g/mol. The summed E-state index contributed by atoms with van der Waals surface area (Å²) in [5, 5.41) is 4.66. The van der Waals surface area contributed by atoms with Crippen LogP contribution in [0.15, 0.2) is 162 Å². The van der Waals surface area contributed by atoms with Gasteiger partial charge in [-0.05, 0) is 70.2 Å². The maximum atomic E-state index is 6.84. The Morgan fingerprint density at radius 2 is 1.34 bits per heavy atom. The Kier molecular flexibility index (Phi) is 6.67. The first-order valence-corrected chi connectivity index (χ1v) is 16.7. The third-order valence-electron chi connectivity index (χ3n) is 9.93. The van der Waals surface area contributed by atoms with Gasteiger partial charge in [-0.3, -0.25) is 0 Å². The largest absolute Gasteiger partial charge is 0.455 e. The van der Waals surface area contributed by atoms with Crippen LogP contribution in [0.3, 0.4) is 0 Å². The molecule has 0 saturated carbocycles. The monoisotopic (exact) mass is 605 g/mol. The van der Waals surface area contributed by atoms with Gasteiger partial charge in [0.15, 0.2) is 0 Å². The zero-order valence-corrected chi connectivity index (χ0v) is 26.4. The molecule has 7 aromatic rings. The van der Waals surface area contributed by atoms with E-state index in [1.165, 1.54) is 55.5 Å². The quantitative estimate of drug-likeness (QED) is 0.194. The van der Waals surface area contributed by atoms with E-state index in [0.29, 0.717) is 5.92 Å². The number of hydrogen-bond donors (Lipinski definition) is 0. The van der Waals surface area contributed by atoms with Crippen LogP contribution in [0.25, 0.3) is 55.5 Å². The molecule has 47 heavy (non-hydrogen) atoms. The minimum absolute atomic E-state index is 0.141. The molecule has 6 aromatic carbocycles. The highest BCUT2D eigenvalue weighted by Gasteiger charge is 2.31. The Labute approximate surface area is 275 Å². The van der Waals surface area contributed by atoms with Crippen LogP contribution in [-0.4, -0.2) is 6.04 Å². The third-order valence-corrected chi connectivity index (χ3v) is 9.93. The Bertz CT molecular complexity index is 2370. The van der Waals surface area contributed by atoms with E-state index in [-0.39, 0.29) is 6.04 Å². The maximum Gasteiger partial charge on any atom is 0.143 e. The molecule has 226 valence electrons. The summed E-state index contributed by atoms with van der Waals surface area (Å²) in [5.41, 5.74) is 12.1. The average Bonchev–Trinajstić information content (AvgIpc) is 3.52. The number of fused-ring (bicyclic) bond motifs is 6. The molecule has 0 spiro atoms. The van der Waals surface area contributed by atoms with Gasteiger partial charge in [-0.25, -0.2) is 0 Å². The highest BCUT2D eigenvalue weighted by molar-refractivity contribution is 6.22. The van der Waals surface area contributed by atoms with Gasteiger partial charge < -0.3 is 9.32 Å². The normalized spacial score (nSPS) is 17.5. The van der Waals surface area contributed by atoms with Gasteiger partial charge in [0.05, 0.1) is 17.1 Å². The topological polar surface area (TPSA) is 16.4 Å². The van der Waals surface area contributed by atoms with Crippen molar-refractivity contribution in [1.82, 2.24) is 0 Å². The summed E-state index contributed by atoms with van der Waals surface area (Å²) in [6.45, 7) is 2.33. The zero-order valence-electron chi connectivity index (χ0n) is 26.4. The summed E-state index contributed by atoms with van der Waals surface area (Å²) in [5.74, 6) is 0.425. The molecule has 0 aliphatic heterocycles. The van der Waals surface area contributed by atoms with E-state index in [1.54, 1.807) is 0 Å². The Morgan fingerprint density at radius 3 is 2.17 bits per heavy atom. The molecule has 0 radical (unpaired) electrons. The van der Waals surface area contributed by atoms with Crippen molar-refractivity contribution in [2.24, 2.45) is 5.92 Å². The minimum atomic E-state index is 0.141. The summed E-state index contributed by atoms with van der Waals surface area (Å²) in [7, 11) is 0. The maximum absolute atomic E-state index is 6.84. The molecular formula is C45H35NO. The second-order valence-electron chi connectivity index (χ2n) is 12.9. The number of benzene rings is 6. The molecular weight excluding hydrogens is 571 g/mol. The van der Waals surface area contributed by atoms with E-state index in [9.17, 15) is 0 Å². The van der Waals surface area contributed by atoms with Crippen molar-refractivity contribution >= 4 is 50.0 Å². The molecule has 2 nitrogen and oxygen atoms in total. The molecule has 1 aromatic heterocycles. The lowest BCUT2D eigenvalue weighted by Crippen LogP contribution is -2.38. The van der Waals surface area contributed by atoms with Gasteiger partial charge in [0, 0.05) is 22.0 Å². The summed E-state index contributed by atoms with van der Waals surface area (Å²) in [4.78, 5) is 2.64. The first-order chi connectivity index (χ1) is 23.2. The lowest BCUT2D eigenvalue weighted by molar-refractivity contribution is 0.646. The van der Waals surface area contributed by atoms with Crippen LogP contribution in [0.4, 0.5) is 5.69 Å². The van der Waals surface area contributed by atoms with Crippen LogP contribution in [0.1, 0.15) is 30.0 Å². The predicted molar refractivity (Wildman–Crippen MR) is 198 cm³/mol. The molecule has 2 aliphatic rings. The van der Waals surface area contributed by atoms with E-state index >= 15 is 0 Å². The van der Waals surface area contributed by atoms with Gasteiger partial charge in [0.1, 0.15) is 11.2 Å². The lowest BCUT2D eigenvalue weighted by atomic mass is 9.87. The van der Waals surface area contributed by atoms with Crippen LogP contribution in [0.2, 0.25) is 0 Å². The van der Waals surface area contributed by atoms with E-state index in [4.69, 9.17) is 4.42 Å². The molecule has 1 heterocycles. The van der Waals surface area contributed by atoms with Crippen LogP contribution in [0.5, 0.6) is 0 Å². The summed E-state index contributed by atoms with van der Waals surface area (Å²) >= 11 is 0. The van der Waals surface area contributed by atoms with Gasteiger partial charge in [-0.15, -0.1) is 0 Å². The lowest BCUT2D eigenvalue weighted by Gasteiger charge is -2.39. The van der Waals surface area contributed by atoms with Crippen LogP contribution < -0.4 is 4.90 Å². The molecule has 0 amide bonds. The van der Waals surface area contributed by atoms with Crippen molar-refractivity contribution < 1.29 is 4.42 Å². The van der Waals surface area contributed by atoms with Crippen LogP contribution in [0, 0.1) is 5.92 Å². The molecule has 2 atom stereocenters. The molecule has 0 fully saturated rings. The molecule has 0 bridgehead atoms. The second-order valence-corrected chi connectivity index (χ2v) is 12.9. The molecule has 2 unspecified atom stereocenters. The van der Waals surface area contributed by atoms with Crippen molar-refractivity contribution in [3.8, 4) is 11.1 Å². The van der Waals surface area contributed by atoms with Crippen molar-refractivity contribution in [2.45, 2.75) is 25.8 Å². The van der Waals surface area contributed by atoms with Crippen LogP contribution in [-0.2, 0) is 6.42 Å². The Morgan fingerprint density at radius 1 is 0.617 bits per heavy atom. The third kappa shape index (κ3) is 4.72. The van der Waals surface area contributed by atoms with E-state index in [2.05, 4.69) is 170 Å². The first kappa shape index (κ1) is 27.7. The second kappa shape index (κ2) is 11.3. The number of hydrogen-bond acceptors (Lipinski definition) is 2. The molecule has 2 aliphatic carbocycles. The summed E-state index contributed by atoms with van der Waals surface area (Å²) in [6.07, 6.45) is 11.3. The van der Waals surface area contributed by atoms with Crippen molar-refractivity contribution in [2.75, 3.05) is 4.90 Å². The number of anilines is 1. The molecule has 9 rings (SSSR count). The van der Waals surface area contributed by atoms with Crippen molar-refractivity contribution in [3.05, 3.63) is 174 Å². The SMILES string of the molecule is CC1C=CC(c2ccccc2)=C(N(c2cccc3oc4c5ccccc5c(-c5ccccc5)cc4c23)C2C=Cc3ccccc3C2)C1. The van der Waals surface area contributed by atoms with Crippen molar-refractivity contribution in [1.29, 1.82) is 0 Å². The zero-order chi connectivity index (χ0) is 31.3. The number of furan rings is 1. The first-order valence-electron chi connectivity index (χ1n) is 16.7. The van der Waals surface area contributed by atoms with Gasteiger partial charge >= 0.3 is 0 Å². The van der Waals surface area contributed by atoms with Gasteiger partial charge in [0.25, 0.3) is 0 Å². The van der Waals surface area contributed by atoms with Gasteiger partial charge in [-0.1, -0.05) is 146 Å². The van der Waals surface area contributed by atoms with Crippen LogP contribution >= 0.6 is 0 Å². The standard InChI is InChI=1S/C45H35NO/c1-30-23-26-36(32-14-4-2-5-15-32)42(27-30)46(35-25-24-31-13-8-9-18-34(31)28-35)41-21-12-22-43-44(41)40-29-39(33-16-6-3-7-17-33)37-19-10-11-20-38(37)45(40)47-43/h2-26,29-30,35H,27-28H2,1H3. The molecule has 2 heteroatoms. The number of nitrogens with zero attached hydrogens (tertiary/aromatic N) is 1. The van der Waals surface area contributed by atoms with Crippen molar-refractivity contribution in [3.63, 3.8) is 0 Å². The van der Waals surface area contributed by atoms with E-state index in [0.717, 1.165) is 34.8 Å². The number of rotatable bonds is 5. The highest BCUT2D eigenvalue weighted by atomic mass is 16.3. The Balaban J connectivity index is 1.35. The predicted octanol–water partition coefficient (Wildman–Crippen LogP) is 11.9. The van der Waals surface area contributed by atoms with E-state index < -0.39 is 0 Å². The molecule has 0 saturated heterocycles. The fourth-order valence-electron chi connectivity index (χ4n) is 7.73. The van der Waals surface area contributed by atoms with Gasteiger partial charge in [0.2, 0.25) is 0 Å². The van der Waals surface area contributed by atoms with Gasteiger partial charge in [-0.2, -0.15) is 0 Å². The Hall–Kier alpha value is -5.60. The summed E-state index contributed by atoms with van der Waals surface area (Å²) < 4.78 is 6.84. The minimum Gasteiger partial charge on any atom is -0.455 e. The van der Waals surface area contributed by atoms with E-state index in [1.807, 2.05) is 0 Å². The smallest absolute Gasteiger partial charge is 0.143 e. The summed E-state index contributed by atoms with van der Waals surface area (Å²) in [6, 6.07) is 48.2. The fourth-order valence-corrected chi connectivity index (χ4v) is 7.73. The molecule has 0 N–H and O–H groups in total.